The molecule has 70 valence electrons. The van der Waals surface area contributed by atoms with Crippen LogP contribution in [0, 0.1) is 0 Å². The van der Waals surface area contributed by atoms with E-state index in [1.54, 1.807) is 30.6 Å². The average Bonchev–Trinajstić information content (AvgIpc) is 2.68. The van der Waals surface area contributed by atoms with Gasteiger partial charge < -0.3 is 5.11 Å². The van der Waals surface area contributed by atoms with Crippen molar-refractivity contribution in [2.75, 3.05) is 0 Å². The Morgan fingerprint density at radius 1 is 1.36 bits per heavy atom. The summed E-state index contributed by atoms with van der Waals surface area (Å²) >= 11 is 0.983. The lowest BCUT2D eigenvalue weighted by Crippen LogP contribution is -1.89. The summed E-state index contributed by atoms with van der Waals surface area (Å²) in [6.07, 6.45) is 3.30. The Balaban J connectivity index is 2.39. The highest BCUT2D eigenvalue weighted by Gasteiger charge is 2.09. The Kier molecular flexibility index (Phi) is 2.24. The minimum atomic E-state index is -0.942. The van der Waals surface area contributed by atoms with E-state index in [1.165, 1.54) is 0 Å². The van der Waals surface area contributed by atoms with Gasteiger partial charge in [-0.3, -0.25) is 4.98 Å². The smallest absolute Gasteiger partial charge is 0.347 e. The van der Waals surface area contributed by atoms with Gasteiger partial charge in [0.1, 0.15) is 4.88 Å². The topological polar surface area (TPSA) is 63.1 Å². The summed E-state index contributed by atoms with van der Waals surface area (Å²) < 4.78 is 4.04. The number of carboxylic acids is 1. The minimum Gasteiger partial charge on any atom is -0.477 e. The third-order valence-electron chi connectivity index (χ3n) is 1.70. The molecule has 0 aliphatic carbocycles. The maximum absolute atomic E-state index is 10.6. The standard InChI is InChI=1S/C9H6N2O2S/c12-9(13)8-5-7(11-14-8)6-1-3-10-4-2-6/h1-5H,(H,12,13). The lowest BCUT2D eigenvalue weighted by Gasteiger charge is -1.91. The summed E-state index contributed by atoms with van der Waals surface area (Å²) in [6, 6.07) is 5.14. The molecule has 4 nitrogen and oxygen atoms in total. The lowest BCUT2D eigenvalue weighted by molar-refractivity contribution is 0.0702. The molecule has 0 amide bonds. The fraction of sp³-hybridized carbons (Fsp3) is 0. The molecule has 1 N–H and O–H groups in total. The Labute approximate surface area is 84.0 Å². The van der Waals surface area contributed by atoms with Crippen LogP contribution in [-0.4, -0.2) is 20.4 Å². The number of pyridine rings is 1. The molecule has 0 fully saturated rings. The Bertz CT molecular complexity index is 453. The first-order chi connectivity index (χ1) is 6.77. The molecule has 2 rings (SSSR count). The van der Waals surface area contributed by atoms with Gasteiger partial charge in [-0.15, -0.1) is 0 Å². The Hall–Kier alpha value is -1.75. The number of aromatic nitrogens is 2. The zero-order valence-corrected chi connectivity index (χ0v) is 7.86. The number of carboxylic acid groups (broad SMARTS) is 1. The molecular weight excluding hydrogens is 200 g/mol. The second-order valence-electron chi connectivity index (χ2n) is 2.62. The minimum absolute atomic E-state index is 0.247. The molecule has 0 aliphatic rings. The van der Waals surface area contributed by atoms with Crippen molar-refractivity contribution in [3.05, 3.63) is 35.5 Å². The van der Waals surface area contributed by atoms with Gasteiger partial charge in [0.2, 0.25) is 0 Å². The van der Waals surface area contributed by atoms with Gasteiger partial charge in [-0.05, 0) is 29.7 Å². The maximum atomic E-state index is 10.6. The van der Waals surface area contributed by atoms with Gasteiger partial charge in [0, 0.05) is 18.0 Å². The molecule has 0 saturated heterocycles. The van der Waals surface area contributed by atoms with Crippen LogP contribution in [0.1, 0.15) is 9.67 Å². The predicted molar refractivity (Wildman–Crippen MR) is 52.3 cm³/mol. The van der Waals surface area contributed by atoms with E-state index in [2.05, 4.69) is 9.36 Å². The second kappa shape index (κ2) is 3.55. The third kappa shape index (κ3) is 1.62. The molecule has 0 aromatic carbocycles. The highest BCUT2D eigenvalue weighted by Crippen LogP contribution is 2.20. The summed E-state index contributed by atoms with van der Waals surface area (Å²) in [6.45, 7) is 0. The van der Waals surface area contributed by atoms with E-state index in [9.17, 15) is 4.79 Å². The van der Waals surface area contributed by atoms with Gasteiger partial charge in [-0.2, -0.15) is 4.37 Å². The molecule has 0 spiro atoms. The zero-order chi connectivity index (χ0) is 9.97. The summed E-state index contributed by atoms with van der Waals surface area (Å²) in [7, 11) is 0. The summed E-state index contributed by atoms with van der Waals surface area (Å²) in [4.78, 5) is 14.7. The van der Waals surface area contributed by atoms with Gasteiger partial charge in [0.05, 0.1) is 5.69 Å². The SMILES string of the molecule is O=C(O)c1cc(-c2ccncc2)ns1. The van der Waals surface area contributed by atoms with E-state index in [1.807, 2.05) is 0 Å². The highest BCUT2D eigenvalue weighted by molar-refractivity contribution is 7.08. The van der Waals surface area contributed by atoms with Crippen LogP contribution in [0.5, 0.6) is 0 Å². The van der Waals surface area contributed by atoms with Crippen LogP contribution in [0.25, 0.3) is 11.3 Å². The average molecular weight is 206 g/mol. The molecule has 2 aromatic rings. The fourth-order valence-electron chi connectivity index (χ4n) is 1.03. The Morgan fingerprint density at radius 3 is 2.64 bits per heavy atom. The van der Waals surface area contributed by atoms with Crippen molar-refractivity contribution in [3.63, 3.8) is 0 Å². The second-order valence-corrected chi connectivity index (χ2v) is 3.42. The molecule has 0 bridgehead atoms. The van der Waals surface area contributed by atoms with Crippen LogP contribution >= 0.6 is 11.5 Å². The largest absolute Gasteiger partial charge is 0.477 e. The van der Waals surface area contributed by atoms with Crippen molar-refractivity contribution in [1.82, 2.24) is 9.36 Å². The molecule has 0 atom stereocenters. The quantitative estimate of drug-likeness (QED) is 0.815. The van der Waals surface area contributed by atoms with Crippen molar-refractivity contribution in [2.24, 2.45) is 0 Å². The van der Waals surface area contributed by atoms with Crippen molar-refractivity contribution < 1.29 is 9.90 Å². The van der Waals surface area contributed by atoms with Crippen molar-refractivity contribution >= 4 is 17.5 Å². The number of rotatable bonds is 2. The van der Waals surface area contributed by atoms with E-state index in [0.717, 1.165) is 17.1 Å². The van der Waals surface area contributed by atoms with Crippen LogP contribution in [0.15, 0.2) is 30.6 Å². The molecule has 0 saturated carbocycles. The first-order valence-electron chi connectivity index (χ1n) is 3.88. The highest BCUT2D eigenvalue weighted by atomic mass is 32.1. The molecule has 0 unspecified atom stereocenters. The summed E-state index contributed by atoms with van der Waals surface area (Å²) in [5, 5.41) is 8.70. The normalized spacial score (nSPS) is 10.0. The number of hydrogen-bond acceptors (Lipinski definition) is 4. The van der Waals surface area contributed by atoms with Gasteiger partial charge in [-0.1, -0.05) is 0 Å². The zero-order valence-electron chi connectivity index (χ0n) is 7.04. The molecular formula is C9H6N2O2S. The van der Waals surface area contributed by atoms with Crippen LogP contribution in [0.4, 0.5) is 0 Å². The lowest BCUT2D eigenvalue weighted by atomic mass is 10.2. The molecule has 5 heteroatoms. The van der Waals surface area contributed by atoms with Gasteiger partial charge in [0.25, 0.3) is 0 Å². The fourth-order valence-corrected chi connectivity index (χ4v) is 1.63. The van der Waals surface area contributed by atoms with Gasteiger partial charge >= 0.3 is 5.97 Å². The summed E-state index contributed by atoms with van der Waals surface area (Å²) in [5.41, 5.74) is 1.55. The third-order valence-corrected chi connectivity index (χ3v) is 2.47. The number of carbonyl (C=O) groups is 1. The van der Waals surface area contributed by atoms with Crippen LogP contribution in [-0.2, 0) is 0 Å². The summed E-state index contributed by atoms with van der Waals surface area (Å²) in [5.74, 6) is -0.942. The number of hydrogen-bond donors (Lipinski definition) is 1. The first-order valence-corrected chi connectivity index (χ1v) is 4.65. The monoisotopic (exact) mass is 206 g/mol. The van der Waals surface area contributed by atoms with E-state index in [-0.39, 0.29) is 4.88 Å². The van der Waals surface area contributed by atoms with E-state index >= 15 is 0 Å². The van der Waals surface area contributed by atoms with E-state index < -0.39 is 5.97 Å². The van der Waals surface area contributed by atoms with Crippen molar-refractivity contribution in [1.29, 1.82) is 0 Å². The maximum Gasteiger partial charge on any atom is 0.347 e. The van der Waals surface area contributed by atoms with Crippen LogP contribution < -0.4 is 0 Å². The Morgan fingerprint density at radius 2 is 2.07 bits per heavy atom. The number of nitrogens with zero attached hydrogens (tertiary/aromatic N) is 2. The van der Waals surface area contributed by atoms with Crippen molar-refractivity contribution in [3.8, 4) is 11.3 Å². The van der Waals surface area contributed by atoms with Gasteiger partial charge in [0.15, 0.2) is 0 Å². The number of aromatic carboxylic acids is 1. The predicted octanol–water partition coefficient (Wildman–Crippen LogP) is 1.90. The molecule has 0 radical (unpaired) electrons. The van der Waals surface area contributed by atoms with Crippen LogP contribution in [0.2, 0.25) is 0 Å². The van der Waals surface area contributed by atoms with Gasteiger partial charge in [-0.25, -0.2) is 4.79 Å². The first kappa shape index (κ1) is 8.83. The molecule has 2 heterocycles. The van der Waals surface area contributed by atoms with E-state index in [4.69, 9.17) is 5.11 Å². The molecule has 2 aromatic heterocycles. The molecule has 0 aliphatic heterocycles. The van der Waals surface area contributed by atoms with Crippen molar-refractivity contribution in [2.45, 2.75) is 0 Å². The van der Waals surface area contributed by atoms with Crippen LogP contribution in [0.3, 0.4) is 0 Å². The molecule has 14 heavy (non-hydrogen) atoms. The van der Waals surface area contributed by atoms with E-state index in [0.29, 0.717) is 5.69 Å².